The second-order valence-corrected chi connectivity index (χ2v) is 10.6. The minimum atomic E-state index is -1.75. The highest BCUT2D eigenvalue weighted by molar-refractivity contribution is 5.85. The van der Waals surface area contributed by atoms with Gasteiger partial charge < -0.3 is 38.8 Å². The number of fused-ring (bicyclic) bond motifs is 1. The van der Waals surface area contributed by atoms with Crippen molar-refractivity contribution < 1.29 is 53.1 Å². The molecule has 2 aliphatic heterocycles. The van der Waals surface area contributed by atoms with Gasteiger partial charge in [-0.2, -0.15) is 0 Å². The van der Waals surface area contributed by atoms with Crippen LogP contribution in [0, 0.1) is 6.92 Å². The number of carbonyl (C=O) groups excluding carboxylic acids is 3. The summed E-state index contributed by atoms with van der Waals surface area (Å²) in [6, 6.07) is 3.45. The van der Waals surface area contributed by atoms with Gasteiger partial charge in [0.25, 0.3) is 0 Å². The first-order chi connectivity index (χ1) is 18.8. The average molecular weight is 562 g/mol. The predicted octanol–water partition coefficient (Wildman–Crippen LogP) is 1.63. The van der Waals surface area contributed by atoms with Crippen LogP contribution in [0.1, 0.15) is 51.2 Å². The molecule has 12 heteroatoms. The second kappa shape index (κ2) is 10.7. The number of methoxy groups -OCH3 is 1. The van der Waals surface area contributed by atoms with Crippen molar-refractivity contribution in [3.05, 3.63) is 35.1 Å². The number of ether oxygens (including phenoxy) is 5. The van der Waals surface area contributed by atoms with Crippen LogP contribution in [-0.2, 0) is 38.8 Å². The van der Waals surface area contributed by atoms with Crippen molar-refractivity contribution in [1.82, 2.24) is 4.90 Å². The molecule has 0 unspecified atom stereocenters. The number of carboxylic acid groups (broad SMARTS) is 1. The number of piperidine rings is 1. The second-order valence-electron chi connectivity index (χ2n) is 10.6. The van der Waals surface area contributed by atoms with Gasteiger partial charge in [-0.25, -0.2) is 9.59 Å². The molecule has 2 heterocycles. The lowest BCUT2D eigenvalue weighted by molar-refractivity contribution is -0.175. The monoisotopic (exact) mass is 561 g/mol. The molecule has 1 spiro atoms. The molecular formula is C28H35NO11. The first-order valence-electron chi connectivity index (χ1n) is 13.1. The Labute approximate surface area is 231 Å². The number of hydrogen-bond acceptors (Lipinski definition) is 11. The summed E-state index contributed by atoms with van der Waals surface area (Å²) in [6.45, 7) is 6.85. The smallest absolute Gasteiger partial charge is 0.352 e. The molecule has 1 aromatic carbocycles. The quantitative estimate of drug-likeness (QED) is 0.350. The summed E-state index contributed by atoms with van der Waals surface area (Å²) in [6.07, 6.45) is -2.48. The van der Waals surface area contributed by atoms with E-state index in [9.17, 15) is 24.3 Å². The molecule has 0 saturated carbocycles. The van der Waals surface area contributed by atoms with Crippen LogP contribution in [0.5, 0.6) is 11.5 Å². The fourth-order valence-corrected chi connectivity index (χ4v) is 6.18. The van der Waals surface area contributed by atoms with E-state index in [1.807, 2.05) is 27.0 Å². The Hall–Kier alpha value is -3.64. The number of nitrogens with zero attached hydrogens (tertiary/aromatic N) is 1. The third-order valence-electron chi connectivity index (χ3n) is 8.33. The van der Waals surface area contributed by atoms with Crippen LogP contribution in [0.4, 0.5) is 0 Å². The van der Waals surface area contributed by atoms with E-state index >= 15 is 0 Å². The van der Waals surface area contributed by atoms with Gasteiger partial charge in [0.2, 0.25) is 6.10 Å². The maximum atomic E-state index is 13.1. The van der Waals surface area contributed by atoms with Crippen molar-refractivity contribution in [3.63, 3.8) is 0 Å². The molecule has 1 saturated heterocycles. The molecule has 4 rings (SSSR count). The van der Waals surface area contributed by atoms with Crippen molar-refractivity contribution in [2.45, 2.75) is 82.3 Å². The van der Waals surface area contributed by atoms with Gasteiger partial charge in [0, 0.05) is 24.9 Å². The Morgan fingerprint density at radius 3 is 2.55 bits per heavy atom. The Bertz CT molecular complexity index is 1260. The maximum Gasteiger partial charge on any atom is 0.352 e. The van der Waals surface area contributed by atoms with E-state index in [2.05, 4.69) is 9.64 Å². The summed E-state index contributed by atoms with van der Waals surface area (Å²) < 4.78 is 27.4. The SMILES string of the molecule is COc1ccc(C)c2c1O[C@H]1C(OC(=O)[C@H](C)OC(=O)C[C@H](OC(C)=O)C(=O)O)=CC[C@@]3(O)[C@@H](C)N(C)CC[C@]213. The van der Waals surface area contributed by atoms with Crippen LogP contribution < -0.4 is 9.47 Å². The van der Waals surface area contributed by atoms with Crippen molar-refractivity contribution in [2.24, 2.45) is 0 Å². The third-order valence-corrected chi connectivity index (χ3v) is 8.33. The minimum absolute atomic E-state index is 0.175. The molecule has 0 radical (unpaired) electrons. The number of likely N-dealkylation sites (tertiary alicyclic amines) is 1. The Morgan fingerprint density at radius 2 is 1.93 bits per heavy atom. The topological polar surface area (TPSA) is 158 Å². The first-order valence-corrected chi connectivity index (χ1v) is 13.1. The molecule has 6 atom stereocenters. The van der Waals surface area contributed by atoms with Gasteiger partial charge in [-0.3, -0.25) is 9.59 Å². The predicted molar refractivity (Wildman–Crippen MR) is 138 cm³/mol. The van der Waals surface area contributed by atoms with Crippen molar-refractivity contribution >= 4 is 23.9 Å². The summed E-state index contributed by atoms with van der Waals surface area (Å²) in [5.74, 6) is -3.22. The standard InChI is InChI=1S/C28H35NO11/c1-14-7-8-18(36-6)23-22(14)27-11-12-29(5)16(3)28(27,35)10-9-19(24(27)40-23)39-26(34)15(2)37-21(31)13-20(25(32)33)38-17(4)30/h7-9,15-16,20,24,35H,10-13H2,1-6H3,(H,32,33)/t15-,16+,20-,24-,27-,28+/m0/s1. The number of benzene rings is 1. The lowest BCUT2D eigenvalue weighted by Gasteiger charge is -2.58. The van der Waals surface area contributed by atoms with Crippen LogP contribution in [0.25, 0.3) is 0 Å². The summed E-state index contributed by atoms with van der Waals surface area (Å²) in [5, 5.41) is 21.5. The molecule has 1 aliphatic carbocycles. The van der Waals surface area contributed by atoms with Crippen LogP contribution in [0.15, 0.2) is 24.0 Å². The van der Waals surface area contributed by atoms with E-state index < -0.39 is 59.6 Å². The molecule has 1 fully saturated rings. The maximum absolute atomic E-state index is 13.1. The zero-order chi connectivity index (χ0) is 29.6. The number of carboxylic acids is 1. The minimum Gasteiger partial charge on any atom is -0.493 e. The summed E-state index contributed by atoms with van der Waals surface area (Å²) in [5.41, 5.74) is -0.492. The van der Waals surface area contributed by atoms with Crippen LogP contribution >= 0.6 is 0 Å². The fourth-order valence-electron chi connectivity index (χ4n) is 6.18. The molecule has 40 heavy (non-hydrogen) atoms. The van der Waals surface area contributed by atoms with Crippen LogP contribution in [0.3, 0.4) is 0 Å². The molecule has 218 valence electrons. The fraction of sp³-hybridized carbons (Fsp3) is 0.571. The molecular weight excluding hydrogens is 526 g/mol. The van der Waals surface area contributed by atoms with Gasteiger partial charge in [-0.1, -0.05) is 6.07 Å². The number of carbonyl (C=O) groups is 4. The normalized spacial score (nSPS) is 28.4. The highest BCUT2D eigenvalue weighted by Gasteiger charge is 2.69. The van der Waals surface area contributed by atoms with Crippen LogP contribution in [0.2, 0.25) is 0 Å². The average Bonchev–Trinajstić information content (AvgIpc) is 3.25. The summed E-state index contributed by atoms with van der Waals surface area (Å²) in [7, 11) is 3.48. The van der Waals surface area contributed by atoms with E-state index in [0.29, 0.717) is 24.5 Å². The molecule has 0 aromatic heterocycles. The number of hydrogen-bond donors (Lipinski definition) is 2. The van der Waals surface area contributed by atoms with E-state index in [4.69, 9.17) is 24.1 Å². The first kappa shape index (κ1) is 29.3. The molecule has 0 amide bonds. The van der Waals surface area contributed by atoms with Gasteiger partial charge in [-0.15, -0.1) is 0 Å². The van der Waals surface area contributed by atoms with E-state index in [0.717, 1.165) is 18.1 Å². The molecule has 3 aliphatic rings. The Kier molecular flexibility index (Phi) is 7.88. The molecule has 12 nitrogen and oxygen atoms in total. The zero-order valence-corrected chi connectivity index (χ0v) is 23.4. The third kappa shape index (κ3) is 4.68. The largest absolute Gasteiger partial charge is 0.493 e. The molecule has 2 N–H and O–H groups in total. The lowest BCUT2D eigenvalue weighted by Crippen LogP contribution is -2.71. The Morgan fingerprint density at radius 1 is 1.23 bits per heavy atom. The van der Waals surface area contributed by atoms with E-state index in [-0.39, 0.29) is 18.2 Å². The summed E-state index contributed by atoms with van der Waals surface area (Å²) >= 11 is 0. The molecule has 0 bridgehead atoms. The number of rotatable bonds is 8. The van der Waals surface area contributed by atoms with Crippen molar-refractivity contribution in [2.75, 3.05) is 20.7 Å². The van der Waals surface area contributed by atoms with E-state index in [1.165, 1.54) is 14.0 Å². The Balaban J connectivity index is 1.60. The number of esters is 3. The number of aryl methyl sites for hydroxylation is 1. The van der Waals surface area contributed by atoms with Gasteiger partial charge in [0.05, 0.1) is 24.5 Å². The van der Waals surface area contributed by atoms with Crippen molar-refractivity contribution in [1.29, 1.82) is 0 Å². The highest BCUT2D eigenvalue weighted by Crippen LogP contribution is 2.62. The zero-order valence-electron chi connectivity index (χ0n) is 23.4. The summed E-state index contributed by atoms with van der Waals surface area (Å²) in [4.78, 5) is 49.9. The number of aliphatic carboxylic acids is 1. The van der Waals surface area contributed by atoms with Gasteiger partial charge in [0.1, 0.15) is 5.76 Å². The highest BCUT2D eigenvalue weighted by atomic mass is 16.6. The number of aliphatic hydroxyl groups is 1. The van der Waals surface area contributed by atoms with E-state index in [1.54, 1.807) is 12.1 Å². The van der Waals surface area contributed by atoms with Crippen LogP contribution in [-0.4, -0.2) is 89.6 Å². The van der Waals surface area contributed by atoms with Gasteiger partial charge in [-0.05, 0) is 58.5 Å². The lowest BCUT2D eigenvalue weighted by atomic mass is 9.54. The van der Waals surface area contributed by atoms with Gasteiger partial charge >= 0.3 is 23.9 Å². The van der Waals surface area contributed by atoms with Gasteiger partial charge in [0.15, 0.2) is 23.7 Å². The molecule has 1 aromatic rings. The van der Waals surface area contributed by atoms with Crippen molar-refractivity contribution in [3.8, 4) is 11.5 Å². The number of likely N-dealkylation sites (N-methyl/N-ethyl adjacent to an activating group) is 1.